The summed E-state index contributed by atoms with van der Waals surface area (Å²) >= 11 is 0. The van der Waals surface area contributed by atoms with E-state index >= 15 is 0 Å². The Morgan fingerprint density at radius 3 is 2.14 bits per heavy atom. The molecule has 0 unspecified atom stereocenters. The lowest BCUT2D eigenvalue weighted by atomic mass is 9.92. The molecule has 14 heavy (non-hydrogen) atoms. The molecule has 0 heterocycles. The summed E-state index contributed by atoms with van der Waals surface area (Å²) in [6.07, 6.45) is 0. The van der Waals surface area contributed by atoms with Crippen LogP contribution in [0.4, 0.5) is 4.79 Å². The Labute approximate surface area is 84.8 Å². The Morgan fingerprint density at radius 1 is 1.29 bits per heavy atom. The van der Waals surface area contributed by atoms with Crippen molar-refractivity contribution >= 4 is 11.9 Å². The van der Waals surface area contributed by atoms with Crippen molar-refractivity contribution in [1.82, 2.24) is 15.5 Å². The van der Waals surface area contributed by atoms with Gasteiger partial charge in [0, 0.05) is 27.7 Å². The summed E-state index contributed by atoms with van der Waals surface area (Å²) in [5.74, 6) is -0.0865. The van der Waals surface area contributed by atoms with Gasteiger partial charge < -0.3 is 15.5 Å². The maximum absolute atomic E-state index is 11.3. The van der Waals surface area contributed by atoms with Crippen LogP contribution in [0, 0.1) is 5.41 Å². The average Bonchev–Trinajstić information content (AvgIpc) is 2.12. The van der Waals surface area contributed by atoms with Crippen molar-refractivity contribution in [3.63, 3.8) is 0 Å². The van der Waals surface area contributed by atoms with Crippen LogP contribution in [0.3, 0.4) is 0 Å². The molecule has 82 valence electrons. The van der Waals surface area contributed by atoms with Gasteiger partial charge in [0.2, 0.25) is 5.91 Å². The molecule has 0 fully saturated rings. The SMILES string of the molecule is CNC(=O)C(C)(C)CNC(=O)N(C)C. The summed E-state index contributed by atoms with van der Waals surface area (Å²) in [5.41, 5.74) is -0.583. The van der Waals surface area contributed by atoms with Crippen LogP contribution in [0.1, 0.15) is 13.8 Å². The molecule has 0 aromatic carbocycles. The minimum Gasteiger partial charge on any atom is -0.359 e. The molecular formula is C9H19N3O2. The van der Waals surface area contributed by atoms with Crippen molar-refractivity contribution in [2.24, 2.45) is 5.41 Å². The van der Waals surface area contributed by atoms with E-state index in [0.29, 0.717) is 6.54 Å². The zero-order chi connectivity index (χ0) is 11.4. The van der Waals surface area contributed by atoms with E-state index in [2.05, 4.69) is 10.6 Å². The molecule has 5 nitrogen and oxygen atoms in total. The number of carbonyl (C=O) groups excluding carboxylic acids is 2. The Bertz CT molecular complexity index is 224. The van der Waals surface area contributed by atoms with Gasteiger partial charge in [-0.15, -0.1) is 0 Å². The molecule has 0 aliphatic heterocycles. The van der Waals surface area contributed by atoms with Crippen molar-refractivity contribution in [3.05, 3.63) is 0 Å². The van der Waals surface area contributed by atoms with Gasteiger partial charge in [0.15, 0.2) is 0 Å². The van der Waals surface area contributed by atoms with Gasteiger partial charge in [-0.25, -0.2) is 4.79 Å². The van der Waals surface area contributed by atoms with E-state index in [-0.39, 0.29) is 11.9 Å². The van der Waals surface area contributed by atoms with Crippen LogP contribution in [0.15, 0.2) is 0 Å². The first-order valence-corrected chi connectivity index (χ1v) is 4.48. The standard InChI is InChI=1S/C9H19N3O2/c1-9(2,7(13)10-3)6-11-8(14)12(4)5/h6H2,1-5H3,(H,10,13)(H,11,14). The first-order chi connectivity index (χ1) is 6.31. The molecule has 0 radical (unpaired) electrons. The molecule has 0 aromatic heterocycles. The van der Waals surface area contributed by atoms with Gasteiger partial charge in [-0.3, -0.25) is 4.79 Å². The molecular weight excluding hydrogens is 182 g/mol. The summed E-state index contributed by atoms with van der Waals surface area (Å²) in [5, 5.41) is 5.22. The molecule has 0 rings (SSSR count). The van der Waals surface area contributed by atoms with Gasteiger partial charge in [-0.05, 0) is 13.8 Å². The lowest BCUT2D eigenvalue weighted by Crippen LogP contribution is -2.46. The smallest absolute Gasteiger partial charge is 0.316 e. The predicted octanol–water partition coefficient (Wildman–Crippen LogP) is 0.0298. The molecule has 0 aliphatic carbocycles. The number of hydrogen-bond acceptors (Lipinski definition) is 2. The molecule has 3 amide bonds. The van der Waals surface area contributed by atoms with Crippen molar-refractivity contribution in [3.8, 4) is 0 Å². The fourth-order valence-electron chi connectivity index (χ4n) is 0.873. The van der Waals surface area contributed by atoms with E-state index in [9.17, 15) is 9.59 Å². The maximum atomic E-state index is 11.3. The molecule has 0 saturated carbocycles. The summed E-state index contributed by atoms with van der Waals surface area (Å²) < 4.78 is 0. The molecule has 5 heteroatoms. The number of hydrogen-bond donors (Lipinski definition) is 2. The van der Waals surface area contributed by atoms with Crippen molar-refractivity contribution in [2.75, 3.05) is 27.7 Å². The normalized spacial score (nSPS) is 10.6. The third-order valence-corrected chi connectivity index (χ3v) is 1.93. The highest BCUT2D eigenvalue weighted by molar-refractivity contribution is 5.82. The van der Waals surface area contributed by atoms with Crippen LogP contribution >= 0.6 is 0 Å². The second kappa shape index (κ2) is 4.83. The quantitative estimate of drug-likeness (QED) is 0.676. The summed E-state index contributed by atoms with van der Waals surface area (Å²) in [6, 6.07) is -0.193. The van der Waals surface area contributed by atoms with E-state index in [0.717, 1.165) is 0 Å². The first kappa shape index (κ1) is 12.7. The number of nitrogens with zero attached hydrogens (tertiary/aromatic N) is 1. The third kappa shape index (κ3) is 3.64. The van der Waals surface area contributed by atoms with E-state index in [1.807, 2.05) is 0 Å². The van der Waals surface area contributed by atoms with Crippen LogP contribution in [-0.4, -0.2) is 44.5 Å². The maximum Gasteiger partial charge on any atom is 0.316 e. The van der Waals surface area contributed by atoms with Crippen molar-refractivity contribution in [1.29, 1.82) is 0 Å². The Balaban J connectivity index is 4.12. The van der Waals surface area contributed by atoms with E-state index in [1.165, 1.54) is 4.90 Å². The molecule has 0 bridgehead atoms. The first-order valence-electron chi connectivity index (χ1n) is 4.48. The van der Waals surface area contributed by atoms with Crippen LogP contribution in [-0.2, 0) is 4.79 Å². The minimum atomic E-state index is -0.583. The molecule has 2 N–H and O–H groups in total. The molecule has 0 aliphatic rings. The fourth-order valence-corrected chi connectivity index (χ4v) is 0.873. The zero-order valence-corrected chi connectivity index (χ0v) is 9.47. The number of nitrogens with one attached hydrogen (secondary N) is 2. The lowest BCUT2D eigenvalue weighted by Gasteiger charge is -2.23. The van der Waals surface area contributed by atoms with Crippen LogP contribution < -0.4 is 10.6 Å². The fraction of sp³-hybridized carbons (Fsp3) is 0.778. The summed E-state index contributed by atoms with van der Waals surface area (Å²) in [6.45, 7) is 3.88. The zero-order valence-electron chi connectivity index (χ0n) is 9.47. The summed E-state index contributed by atoms with van der Waals surface area (Å²) in [4.78, 5) is 24.0. The monoisotopic (exact) mass is 201 g/mol. The highest BCUT2D eigenvalue weighted by atomic mass is 16.2. The number of carbonyl (C=O) groups is 2. The molecule has 0 spiro atoms. The van der Waals surface area contributed by atoms with E-state index in [4.69, 9.17) is 0 Å². The van der Waals surface area contributed by atoms with Gasteiger partial charge in [0.05, 0.1) is 5.41 Å². The molecule has 0 atom stereocenters. The average molecular weight is 201 g/mol. The topological polar surface area (TPSA) is 61.4 Å². The Kier molecular flexibility index (Phi) is 4.40. The lowest BCUT2D eigenvalue weighted by molar-refractivity contribution is -0.128. The van der Waals surface area contributed by atoms with Crippen LogP contribution in [0.5, 0.6) is 0 Å². The van der Waals surface area contributed by atoms with Gasteiger partial charge in [0.1, 0.15) is 0 Å². The van der Waals surface area contributed by atoms with Crippen molar-refractivity contribution < 1.29 is 9.59 Å². The molecule has 0 saturated heterocycles. The van der Waals surface area contributed by atoms with Gasteiger partial charge in [-0.2, -0.15) is 0 Å². The van der Waals surface area contributed by atoms with Gasteiger partial charge >= 0.3 is 6.03 Å². The summed E-state index contributed by atoms with van der Waals surface area (Å²) in [7, 11) is 4.89. The van der Waals surface area contributed by atoms with Gasteiger partial charge in [0.25, 0.3) is 0 Å². The molecule has 0 aromatic rings. The third-order valence-electron chi connectivity index (χ3n) is 1.93. The number of amides is 3. The van der Waals surface area contributed by atoms with Gasteiger partial charge in [-0.1, -0.05) is 0 Å². The Morgan fingerprint density at radius 2 is 1.79 bits per heavy atom. The second-order valence-corrected chi connectivity index (χ2v) is 4.02. The highest BCUT2D eigenvalue weighted by Gasteiger charge is 2.27. The number of urea groups is 1. The minimum absolute atomic E-state index is 0.0865. The van der Waals surface area contributed by atoms with Crippen molar-refractivity contribution in [2.45, 2.75) is 13.8 Å². The predicted molar refractivity (Wildman–Crippen MR) is 54.9 cm³/mol. The van der Waals surface area contributed by atoms with Crippen LogP contribution in [0.25, 0.3) is 0 Å². The van der Waals surface area contributed by atoms with E-state index in [1.54, 1.807) is 35.0 Å². The highest BCUT2D eigenvalue weighted by Crippen LogP contribution is 2.12. The number of rotatable bonds is 3. The Hall–Kier alpha value is -1.26. The van der Waals surface area contributed by atoms with Crippen LogP contribution in [0.2, 0.25) is 0 Å². The second-order valence-electron chi connectivity index (χ2n) is 4.02. The van der Waals surface area contributed by atoms with E-state index < -0.39 is 5.41 Å². The largest absolute Gasteiger partial charge is 0.359 e.